The van der Waals surface area contributed by atoms with E-state index in [1.54, 1.807) is 0 Å². The van der Waals surface area contributed by atoms with Crippen molar-refractivity contribution in [3.63, 3.8) is 0 Å². The van der Waals surface area contributed by atoms with E-state index in [1.807, 2.05) is 0 Å². The van der Waals surface area contributed by atoms with Crippen LogP contribution in [0.2, 0.25) is 0 Å². The molecule has 0 rings (SSSR count). The summed E-state index contributed by atoms with van der Waals surface area (Å²) in [6, 6.07) is 0. The van der Waals surface area contributed by atoms with Gasteiger partial charge in [0, 0.05) is 22.4 Å². The Balaban J connectivity index is 0. The molecule has 0 aromatic carbocycles. The van der Waals surface area contributed by atoms with Crippen LogP contribution in [0.15, 0.2) is 0 Å². The highest BCUT2D eigenvalue weighted by Gasteiger charge is 2.01. The van der Waals surface area contributed by atoms with Gasteiger partial charge in [-0.2, -0.15) is 0 Å². The van der Waals surface area contributed by atoms with E-state index >= 15 is 0 Å². The third-order valence-corrected chi connectivity index (χ3v) is 1.78. The molecule has 0 spiro atoms. The summed E-state index contributed by atoms with van der Waals surface area (Å²) >= 11 is 7.33. The lowest BCUT2D eigenvalue weighted by molar-refractivity contribution is 0.407. The summed E-state index contributed by atoms with van der Waals surface area (Å²) in [5, 5.41) is 0. The molecule has 0 amide bonds. The summed E-state index contributed by atoms with van der Waals surface area (Å²) in [6.07, 6.45) is 1.32. The molecule has 0 aliphatic rings. The molecule has 0 N–H and O–H groups in total. The summed E-state index contributed by atoms with van der Waals surface area (Å²) in [4.78, 5) is 0. The lowest BCUT2D eigenvalue weighted by atomic mass is 9.96. The first kappa shape index (κ1) is 12.1. The molecule has 0 aromatic rings. The van der Waals surface area contributed by atoms with Crippen molar-refractivity contribution in [1.82, 2.24) is 0 Å². The lowest BCUT2D eigenvalue weighted by Crippen LogP contribution is -2.00. The summed E-state index contributed by atoms with van der Waals surface area (Å²) in [5.74, 6) is 1.77. The second kappa shape index (κ2) is 8.44. The maximum Gasteiger partial charge on any atom is 0 e. The van der Waals surface area contributed by atoms with Gasteiger partial charge < -0.3 is 0 Å². The Labute approximate surface area is 68.7 Å². The van der Waals surface area contributed by atoms with E-state index < -0.39 is 0 Å². The predicted molar refractivity (Wildman–Crippen MR) is 49.0 cm³/mol. The predicted octanol–water partition coefficient (Wildman–Crippen LogP) is 2.68. The van der Waals surface area contributed by atoms with Gasteiger partial charge >= 0.3 is 0 Å². The molecule has 0 heterocycles. The van der Waals surface area contributed by atoms with Gasteiger partial charge in [-0.05, 0) is 11.8 Å². The minimum atomic E-state index is 0.866. The fraction of sp³-hybridized carbons (Fsp3) is 1.00. The van der Waals surface area contributed by atoms with Crippen LogP contribution in [0.25, 0.3) is 0 Å². The van der Waals surface area contributed by atoms with Crippen molar-refractivity contribution in [2.24, 2.45) is 11.8 Å². The van der Waals surface area contributed by atoms with Crippen molar-refractivity contribution >= 4 is 22.4 Å². The van der Waals surface area contributed by atoms with Crippen molar-refractivity contribution in [3.8, 4) is 0 Å². The molecule has 0 saturated heterocycles. The van der Waals surface area contributed by atoms with Gasteiger partial charge in [-0.15, -0.1) is 0 Å². The molecule has 0 saturated carbocycles. The molecular formula is C7H16S2. The number of hydrogen-bond acceptors (Lipinski definition) is 2. The number of rotatable bonds is 2. The Kier molecular flexibility index (Phi) is 11.4. The van der Waals surface area contributed by atoms with Crippen LogP contribution in [0, 0.1) is 11.8 Å². The summed E-state index contributed by atoms with van der Waals surface area (Å²) in [7, 11) is 0. The normalized spacial score (nSPS) is 12.1. The zero-order chi connectivity index (χ0) is 7.86. The molecule has 0 aromatic heterocycles. The third-order valence-electron chi connectivity index (χ3n) is 1.78. The Hall–Kier alpha value is 0.440. The van der Waals surface area contributed by atoms with Gasteiger partial charge in [-0.3, -0.25) is 0 Å². The van der Waals surface area contributed by atoms with Gasteiger partial charge in [-0.1, -0.05) is 34.1 Å². The Morgan fingerprint density at radius 2 is 1.44 bits per heavy atom. The molecular weight excluding hydrogens is 148 g/mol. The molecule has 0 nitrogen and oxygen atoms in total. The van der Waals surface area contributed by atoms with Gasteiger partial charge in [-0.25, -0.2) is 0 Å². The van der Waals surface area contributed by atoms with E-state index in [4.69, 9.17) is 0 Å². The molecule has 0 radical (unpaired) electrons. The molecule has 1 atom stereocenters. The molecule has 2 heteroatoms. The topological polar surface area (TPSA) is 0 Å². The molecule has 56 valence electrons. The first-order valence-corrected chi connectivity index (χ1v) is 4.68. The number of hydrogen-bond donors (Lipinski definition) is 0. The van der Waals surface area contributed by atoms with Crippen LogP contribution in [0.5, 0.6) is 0 Å². The molecule has 0 bridgehead atoms. The smallest absolute Gasteiger partial charge is 0 e. The quantitative estimate of drug-likeness (QED) is 0.615. The first-order chi connectivity index (χ1) is 4.18. The van der Waals surface area contributed by atoms with Crippen molar-refractivity contribution in [2.75, 3.05) is 0 Å². The van der Waals surface area contributed by atoms with Crippen LogP contribution < -0.4 is 0 Å². The van der Waals surface area contributed by atoms with E-state index in [2.05, 4.69) is 50.1 Å². The van der Waals surface area contributed by atoms with Crippen LogP contribution in [-0.4, -0.2) is 0 Å². The van der Waals surface area contributed by atoms with Crippen LogP contribution in [0.1, 0.15) is 34.1 Å². The second-order valence-corrected chi connectivity index (χ2v) is 2.63. The molecule has 9 heavy (non-hydrogen) atoms. The van der Waals surface area contributed by atoms with E-state index in [-0.39, 0.29) is 0 Å². The maximum atomic E-state index is 3.67. The third kappa shape index (κ3) is 8.44. The minimum absolute atomic E-state index is 0.866. The largest absolute Gasteiger partial charge is 0.0651 e. The van der Waals surface area contributed by atoms with E-state index in [0.717, 1.165) is 11.8 Å². The van der Waals surface area contributed by atoms with Crippen LogP contribution in [0.3, 0.4) is 0 Å². The van der Waals surface area contributed by atoms with Gasteiger partial charge in [0.25, 0.3) is 0 Å². The molecule has 0 fully saturated rings. The van der Waals surface area contributed by atoms with Crippen LogP contribution in [-0.2, 0) is 22.4 Å². The second-order valence-electron chi connectivity index (χ2n) is 2.63. The summed E-state index contributed by atoms with van der Waals surface area (Å²) in [6.45, 7) is 9.08. The summed E-state index contributed by atoms with van der Waals surface area (Å²) in [5.41, 5.74) is 0. The Morgan fingerprint density at radius 1 is 1.11 bits per heavy atom. The standard InChI is InChI=1S/C7H16.S2/c1-5-7(4)6(2)3;1-2/h6-7H,5H2,1-4H3;. The Bertz CT molecular complexity index is 52.9. The van der Waals surface area contributed by atoms with Crippen molar-refractivity contribution < 1.29 is 0 Å². The van der Waals surface area contributed by atoms with E-state index in [9.17, 15) is 0 Å². The van der Waals surface area contributed by atoms with Crippen molar-refractivity contribution in [1.29, 1.82) is 0 Å². The maximum absolute atomic E-state index is 3.67. The highest BCUT2D eigenvalue weighted by Crippen LogP contribution is 2.11. The minimum Gasteiger partial charge on any atom is -0.0651 e. The van der Waals surface area contributed by atoms with Gasteiger partial charge in [0.1, 0.15) is 0 Å². The van der Waals surface area contributed by atoms with Crippen molar-refractivity contribution in [3.05, 3.63) is 0 Å². The van der Waals surface area contributed by atoms with Gasteiger partial charge in [0.05, 0.1) is 0 Å². The molecule has 1 unspecified atom stereocenters. The average molecular weight is 164 g/mol. The highest BCUT2D eigenvalue weighted by atomic mass is 32.8. The highest BCUT2D eigenvalue weighted by molar-refractivity contribution is 8.07. The first-order valence-electron chi connectivity index (χ1n) is 3.35. The van der Waals surface area contributed by atoms with Gasteiger partial charge in [0.2, 0.25) is 0 Å². The van der Waals surface area contributed by atoms with E-state index in [0.29, 0.717) is 0 Å². The van der Waals surface area contributed by atoms with Gasteiger partial charge in [0.15, 0.2) is 0 Å². The monoisotopic (exact) mass is 164 g/mol. The van der Waals surface area contributed by atoms with Crippen LogP contribution >= 0.6 is 0 Å². The lowest BCUT2D eigenvalue weighted by Gasteiger charge is -2.10. The summed E-state index contributed by atoms with van der Waals surface area (Å²) < 4.78 is 0. The van der Waals surface area contributed by atoms with Crippen molar-refractivity contribution in [2.45, 2.75) is 34.1 Å². The van der Waals surface area contributed by atoms with Crippen LogP contribution in [0.4, 0.5) is 0 Å². The molecule has 0 aliphatic carbocycles. The Morgan fingerprint density at radius 3 is 1.44 bits per heavy atom. The average Bonchev–Trinajstić information content (AvgIpc) is 1.91. The SMILES string of the molecule is CCC(C)C(C)C.S=S. The fourth-order valence-corrected chi connectivity index (χ4v) is 0.471. The zero-order valence-electron chi connectivity index (χ0n) is 6.68. The zero-order valence-corrected chi connectivity index (χ0v) is 8.31. The van der Waals surface area contributed by atoms with E-state index in [1.165, 1.54) is 6.42 Å². The molecule has 0 aliphatic heterocycles. The fourth-order valence-electron chi connectivity index (χ4n) is 0.471.